The Balaban J connectivity index is 1.52. The molecule has 3 rings (SSSR count). The van der Waals surface area contributed by atoms with Crippen LogP contribution in [-0.4, -0.2) is 21.4 Å². The maximum Gasteiger partial charge on any atom is 0.170 e. The summed E-state index contributed by atoms with van der Waals surface area (Å²) in [5, 5.41) is 14.1. The lowest BCUT2D eigenvalue weighted by atomic mass is 10.1. The van der Waals surface area contributed by atoms with E-state index in [9.17, 15) is 0 Å². The third kappa shape index (κ3) is 4.19. The molecule has 0 saturated heterocycles. The number of hydrogen-bond donors (Lipinski definition) is 2. The Bertz CT molecular complexity index is 898. The number of thiocarbonyl (C=S) groups is 1. The summed E-state index contributed by atoms with van der Waals surface area (Å²) in [5.41, 5.74) is 3.21. The molecule has 0 radical (unpaired) electrons. The van der Waals surface area contributed by atoms with E-state index >= 15 is 0 Å². The summed E-state index contributed by atoms with van der Waals surface area (Å²) in [6, 6.07) is 14.5. The number of nitrogens with one attached hydrogen (secondary N) is 2. The molecule has 2 N–H and O–H groups in total. The zero-order chi connectivity index (χ0) is 17.8. The van der Waals surface area contributed by atoms with E-state index in [0.717, 1.165) is 41.1 Å². The van der Waals surface area contributed by atoms with Gasteiger partial charge in [-0.1, -0.05) is 36.4 Å². The Morgan fingerprint density at radius 3 is 2.68 bits per heavy atom. The minimum atomic E-state index is 0.644. The lowest BCUT2D eigenvalue weighted by molar-refractivity contribution is 0.558. The van der Waals surface area contributed by atoms with Crippen LogP contribution in [0.3, 0.4) is 0 Å². The number of benzene rings is 2. The van der Waals surface area contributed by atoms with Gasteiger partial charge in [-0.15, -0.1) is 0 Å². The van der Waals surface area contributed by atoms with Gasteiger partial charge in [0.1, 0.15) is 0 Å². The molecule has 0 aliphatic rings. The van der Waals surface area contributed by atoms with E-state index in [1.165, 1.54) is 10.8 Å². The number of anilines is 1. The first-order valence-electron chi connectivity index (χ1n) is 8.28. The fourth-order valence-corrected chi connectivity index (χ4v) is 3.32. The molecule has 0 amide bonds. The summed E-state index contributed by atoms with van der Waals surface area (Å²) >= 11 is 8.99. The van der Waals surface area contributed by atoms with Crippen molar-refractivity contribution in [1.29, 1.82) is 0 Å². The quantitative estimate of drug-likeness (QED) is 0.463. The van der Waals surface area contributed by atoms with E-state index in [0.29, 0.717) is 5.11 Å². The first-order valence-corrected chi connectivity index (χ1v) is 9.48. The molecule has 0 atom stereocenters. The summed E-state index contributed by atoms with van der Waals surface area (Å²) in [7, 11) is 0. The van der Waals surface area contributed by atoms with Crippen LogP contribution in [0.4, 0.5) is 5.69 Å². The molecule has 2 aromatic carbocycles. The summed E-state index contributed by atoms with van der Waals surface area (Å²) in [5.74, 6) is 0. The van der Waals surface area contributed by atoms with Gasteiger partial charge in [-0.3, -0.25) is 4.68 Å². The minimum absolute atomic E-state index is 0.644. The average Bonchev–Trinajstić information content (AvgIpc) is 2.86. The molecule has 0 spiro atoms. The van der Waals surface area contributed by atoms with Gasteiger partial charge in [0.05, 0.1) is 10.2 Å². The normalized spacial score (nSPS) is 10.8. The van der Waals surface area contributed by atoms with Gasteiger partial charge in [-0.05, 0) is 59.9 Å². The third-order valence-corrected chi connectivity index (χ3v) is 5.56. The second-order valence-electron chi connectivity index (χ2n) is 5.97. The van der Waals surface area contributed by atoms with Crippen LogP contribution in [0.2, 0.25) is 0 Å². The Hall–Kier alpha value is -1.92. The van der Waals surface area contributed by atoms with E-state index in [2.05, 4.69) is 56.8 Å². The summed E-state index contributed by atoms with van der Waals surface area (Å²) in [6.45, 7) is 5.74. The number of aromatic nitrogens is 2. The van der Waals surface area contributed by atoms with Gasteiger partial charge in [-0.25, -0.2) is 0 Å². The predicted octanol–water partition coefficient (Wildman–Crippen LogP) is 4.79. The number of fused-ring (bicyclic) bond motifs is 1. The van der Waals surface area contributed by atoms with Gasteiger partial charge in [0.15, 0.2) is 5.11 Å². The summed E-state index contributed by atoms with van der Waals surface area (Å²) in [6.07, 6.45) is 0.950. The van der Waals surface area contributed by atoms with Crippen LogP contribution in [0.5, 0.6) is 0 Å². The fourth-order valence-electron chi connectivity index (χ4n) is 2.82. The van der Waals surface area contributed by atoms with Crippen LogP contribution in [0, 0.1) is 13.8 Å². The van der Waals surface area contributed by atoms with E-state index in [-0.39, 0.29) is 0 Å². The standard InChI is InChI=1S/C19H21BrN4S/c1-13-18(20)14(2)24(23-13)12-6-11-21-19(25)22-17-10-5-8-15-7-3-4-9-16(15)17/h3-5,7-10H,6,11-12H2,1-2H3,(H2,21,22,25). The molecular weight excluding hydrogens is 396 g/mol. The van der Waals surface area contributed by atoms with E-state index in [1.54, 1.807) is 0 Å². The van der Waals surface area contributed by atoms with Gasteiger partial charge in [0.25, 0.3) is 0 Å². The highest BCUT2D eigenvalue weighted by atomic mass is 79.9. The van der Waals surface area contributed by atoms with Crippen LogP contribution in [-0.2, 0) is 6.54 Å². The SMILES string of the molecule is Cc1nn(CCCNC(=S)Nc2cccc3ccccc23)c(C)c1Br. The highest BCUT2D eigenvalue weighted by molar-refractivity contribution is 9.10. The third-order valence-electron chi connectivity index (χ3n) is 4.16. The van der Waals surface area contributed by atoms with Crippen molar-refractivity contribution in [2.75, 3.05) is 11.9 Å². The Labute approximate surface area is 161 Å². The average molecular weight is 417 g/mol. The first kappa shape index (κ1) is 17.9. The molecule has 1 aromatic heterocycles. The number of rotatable bonds is 5. The molecule has 130 valence electrons. The molecule has 4 nitrogen and oxygen atoms in total. The van der Waals surface area contributed by atoms with Gasteiger partial charge in [0, 0.05) is 29.9 Å². The summed E-state index contributed by atoms with van der Waals surface area (Å²) in [4.78, 5) is 0. The second-order valence-corrected chi connectivity index (χ2v) is 7.17. The fraction of sp³-hybridized carbons (Fsp3) is 0.263. The summed E-state index contributed by atoms with van der Waals surface area (Å²) < 4.78 is 3.12. The maximum absolute atomic E-state index is 5.43. The largest absolute Gasteiger partial charge is 0.362 e. The van der Waals surface area contributed by atoms with Crippen molar-refractivity contribution in [3.8, 4) is 0 Å². The van der Waals surface area contributed by atoms with Crippen molar-refractivity contribution < 1.29 is 0 Å². The molecule has 6 heteroatoms. The molecule has 0 unspecified atom stereocenters. The molecule has 25 heavy (non-hydrogen) atoms. The zero-order valence-corrected chi connectivity index (χ0v) is 16.7. The van der Waals surface area contributed by atoms with Gasteiger partial charge in [-0.2, -0.15) is 5.10 Å². The van der Waals surface area contributed by atoms with Crippen LogP contribution in [0.1, 0.15) is 17.8 Å². The van der Waals surface area contributed by atoms with E-state index < -0.39 is 0 Å². The van der Waals surface area contributed by atoms with E-state index in [1.807, 2.05) is 35.9 Å². The van der Waals surface area contributed by atoms with Crippen molar-refractivity contribution in [1.82, 2.24) is 15.1 Å². The maximum atomic E-state index is 5.43. The molecule has 0 aliphatic carbocycles. The van der Waals surface area contributed by atoms with Crippen molar-refractivity contribution in [2.45, 2.75) is 26.8 Å². The Morgan fingerprint density at radius 2 is 1.92 bits per heavy atom. The highest BCUT2D eigenvalue weighted by Crippen LogP contribution is 2.23. The number of nitrogens with zero attached hydrogens (tertiary/aromatic N) is 2. The minimum Gasteiger partial charge on any atom is -0.362 e. The molecule has 0 bridgehead atoms. The lowest BCUT2D eigenvalue weighted by Gasteiger charge is -2.13. The second kappa shape index (κ2) is 7.97. The topological polar surface area (TPSA) is 41.9 Å². The Kier molecular flexibility index (Phi) is 5.71. The van der Waals surface area contributed by atoms with E-state index in [4.69, 9.17) is 12.2 Å². The van der Waals surface area contributed by atoms with Crippen molar-refractivity contribution in [2.24, 2.45) is 0 Å². The first-order chi connectivity index (χ1) is 12.1. The predicted molar refractivity (Wildman–Crippen MR) is 112 cm³/mol. The highest BCUT2D eigenvalue weighted by Gasteiger charge is 2.08. The molecule has 0 saturated carbocycles. The number of aryl methyl sites for hydroxylation is 2. The molecule has 0 fully saturated rings. The molecule has 0 aliphatic heterocycles. The van der Waals surface area contributed by atoms with Crippen molar-refractivity contribution >= 4 is 49.7 Å². The zero-order valence-electron chi connectivity index (χ0n) is 14.3. The molecule has 1 heterocycles. The Morgan fingerprint density at radius 1 is 1.16 bits per heavy atom. The van der Waals surface area contributed by atoms with Gasteiger partial charge >= 0.3 is 0 Å². The van der Waals surface area contributed by atoms with Crippen LogP contribution >= 0.6 is 28.1 Å². The monoisotopic (exact) mass is 416 g/mol. The number of hydrogen-bond acceptors (Lipinski definition) is 2. The van der Waals surface area contributed by atoms with Gasteiger partial charge < -0.3 is 10.6 Å². The molecule has 3 aromatic rings. The molecular formula is C19H21BrN4S. The van der Waals surface area contributed by atoms with Crippen LogP contribution in [0.15, 0.2) is 46.9 Å². The van der Waals surface area contributed by atoms with Crippen LogP contribution in [0.25, 0.3) is 10.8 Å². The van der Waals surface area contributed by atoms with Crippen molar-refractivity contribution in [3.05, 3.63) is 58.3 Å². The van der Waals surface area contributed by atoms with Crippen LogP contribution < -0.4 is 10.6 Å². The van der Waals surface area contributed by atoms with Gasteiger partial charge in [0.2, 0.25) is 0 Å². The smallest absolute Gasteiger partial charge is 0.170 e. The number of halogens is 1. The van der Waals surface area contributed by atoms with Crippen molar-refractivity contribution in [3.63, 3.8) is 0 Å². The lowest BCUT2D eigenvalue weighted by Crippen LogP contribution is -2.30.